The van der Waals surface area contributed by atoms with E-state index in [1.54, 1.807) is 0 Å². The van der Waals surface area contributed by atoms with Gasteiger partial charge in [-0.25, -0.2) is 16.8 Å². The molecule has 0 bridgehead atoms. The number of benzene rings is 3. The van der Waals surface area contributed by atoms with Gasteiger partial charge in [-0.2, -0.15) is 0 Å². The van der Waals surface area contributed by atoms with E-state index in [9.17, 15) is 21.9 Å². The first-order valence-corrected chi connectivity index (χ1v) is 12.7. The second-order valence-corrected chi connectivity index (χ2v) is 11.1. The molecule has 3 aromatic rings. The van der Waals surface area contributed by atoms with Crippen molar-refractivity contribution in [3.8, 4) is 5.75 Å². The monoisotopic (exact) mass is 540 g/mol. The summed E-state index contributed by atoms with van der Waals surface area (Å²) < 4.78 is 54.9. The standard InChI is InChI=1S/C18H12Cl4N2O5S2/c19-10-1-5-12(6-2-10)30(26,27)23-14-9-15(18(25)17(22)16(14)21)24-31(28,29)13-7-3-11(20)4-8-13/h1-9,23-25H. The number of phenolic OH excluding ortho intramolecular Hbond substituents is 1. The molecule has 0 heterocycles. The third kappa shape index (κ3) is 5.31. The molecule has 3 N–H and O–H groups in total. The van der Waals surface area contributed by atoms with Gasteiger partial charge in [0.15, 0.2) is 5.75 Å². The number of rotatable bonds is 6. The molecule has 0 atom stereocenters. The van der Waals surface area contributed by atoms with Crippen LogP contribution in [0.1, 0.15) is 0 Å². The predicted octanol–water partition coefficient (Wildman–Crippen LogP) is 5.61. The van der Waals surface area contributed by atoms with Crippen molar-refractivity contribution in [1.29, 1.82) is 0 Å². The Morgan fingerprint density at radius 3 is 1.42 bits per heavy atom. The molecule has 164 valence electrons. The van der Waals surface area contributed by atoms with Crippen LogP contribution in [-0.2, 0) is 20.0 Å². The summed E-state index contributed by atoms with van der Waals surface area (Å²) >= 11 is 23.6. The van der Waals surface area contributed by atoms with Gasteiger partial charge in [-0.15, -0.1) is 0 Å². The number of hydrogen-bond acceptors (Lipinski definition) is 5. The summed E-state index contributed by atoms with van der Waals surface area (Å²) in [7, 11) is -8.29. The van der Waals surface area contributed by atoms with Gasteiger partial charge in [0.25, 0.3) is 20.0 Å². The average Bonchev–Trinajstić information content (AvgIpc) is 2.70. The lowest BCUT2D eigenvalue weighted by atomic mass is 10.2. The molecule has 0 aliphatic heterocycles. The Morgan fingerprint density at radius 1 is 0.613 bits per heavy atom. The van der Waals surface area contributed by atoms with Crippen molar-refractivity contribution >= 4 is 77.8 Å². The second kappa shape index (κ2) is 8.93. The minimum Gasteiger partial charge on any atom is -0.504 e. The zero-order valence-electron chi connectivity index (χ0n) is 15.1. The fraction of sp³-hybridized carbons (Fsp3) is 0. The number of nitrogens with one attached hydrogen (secondary N) is 2. The highest BCUT2D eigenvalue weighted by Crippen LogP contribution is 2.44. The number of halogens is 4. The maximum Gasteiger partial charge on any atom is 0.262 e. The molecule has 0 aliphatic rings. The lowest BCUT2D eigenvalue weighted by molar-refractivity contribution is 0.478. The van der Waals surface area contributed by atoms with Crippen molar-refractivity contribution in [2.45, 2.75) is 9.79 Å². The molecule has 13 heteroatoms. The van der Waals surface area contributed by atoms with Gasteiger partial charge in [-0.05, 0) is 54.6 Å². The highest BCUT2D eigenvalue weighted by atomic mass is 35.5. The van der Waals surface area contributed by atoms with Gasteiger partial charge in [-0.3, -0.25) is 9.44 Å². The van der Waals surface area contributed by atoms with E-state index in [1.807, 2.05) is 0 Å². The van der Waals surface area contributed by atoms with Gasteiger partial charge in [0.05, 0.1) is 26.2 Å². The smallest absolute Gasteiger partial charge is 0.262 e. The van der Waals surface area contributed by atoms with Crippen molar-refractivity contribution in [3.63, 3.8) is 0 Å². The van der Waals surface area contributed by atoms with Crippen LogP contribution in [0.3, 0.4) is 0 Å². The fourth-order valence-electron chi connectivity index (χ4n) is 2.40. The maximum atomic E-state index is 12.6. The predicted molar refractivity (Wildman–Crippen MR) is 123 cm³/mol. The van der Waals surface area contributed by atoms with Gasteiger partial charge >= 0.3 is 0 Å². The Kier molecular flexibility index (Phi) is 6.85. The molecular formula is C18H12Cl4N2O5S2. The van der Waals surface area contributed by atoms with Crippen LogP contribution in [0, 0.1) is 0 Å². The lowest BCUT2D eigenvalue weighted by Gasteiger charge is -2.16. The number of hydrogen-bond donors (Lipinski definition) is 3. The number of sulfonamides is 2. The van der Waals surface area contributed by atoms with E-state index in [0.29, 0.717) is 10.0 Å². The van der Waals surface area contributed by atoms with Crippen molar-refractivity contribution in [3.05, 3.63) is 74.7 Å². The quantitative estimate of drug-likeness (QED) is 0.277. The van der Waals surface area contributed by atoms with Gasteiger partial charge in [0, 0.05) is 10.0 Å². The summed E-state index contributed by atoms with van der Waals surface area (Å²) in [5, 5.41) is 10.1. The van der Waals surface area contributed by atoms with E-state index in [4.69, 9.17) is 46.4 Å². The number of aromatic hydroxyl groups is 1. The molecular weight excluding hydrogens is 530 g/mol. The molecule has 7 nitrogen and oxygen atoms in total. The van der Waals surface area contributed by atoms with Gasteiger partial charge in [0.1, 0.15) is 5.02 Å². The Balaban J connectivity index is 2.00. The van der Waals surface area contributed by atoms with Gasteiger partial charge in [0.2, 0.25) is 0 Å². The largest absolute Gasteiger partial charge is 0.504 e. The molecule has 0 unspecified atom stereocenters. The van der Waals surface area contributed by atoms with Crippen molar-refractivity contribution in [2.24, 2.45) is 0 Å². The molecule has 0 amide bonds. The van der Waals surface area contributed by atoms with Crippen LogP contribution in [0.2, 0.25) is 20.1 Å². The fourth-order valence-corrected chi connectivity index (χ4v) is 5.23. The van der Waals surface area contributed by atoms with Crippen LogP contribution in [0.25, 0.3) is 0 Å². The van der Waals surface area contributed by atoms with Crippen molar-refractivity contribution in [2.75, 3.05) is 9.44 Å². The molecule has 0 aliphatic carbocycles. The molecule has 3 aromatic carbocycles. The highest BCUT2D eigenvalue weighted by Gasteiger charge is 2.23. The van der Waals surface area contributed by atoms with Gasteiger partial charge < -0.3 is 5.11 Å². The molecule has 31 heavy (non-hydrogen) atoms. The molecule has 0 spiro atoms. The third-order valence-electron chi connectivity index (χ3n) is 3.92. The summed E-state index contributed by atoms with van der Waals surface area (Å²) in [6.45, 7) is 0. The Labute approximate surface area is 198 Å². The molecule has 0 saturated carbocycles. The van der Waals surface area contributed by atoms with E-state index in [-0.39, 0.29) is 20.5 Å². The first-order valence-electron chi connectivity index (χ1n) is 8.18. The van der Waals surface area contributed by atoms with E-state index in [2.05, 4.69) is 9.44 Å². The van der Waals surface area contributed by atoms with Crippen LogP contribution < -0.4 is 9.44 Å². The summed E-state index contributed by atoms with van der Waals surface area (Å²) in [5.41, 5.74) is -0.647. The summed E-state index contributed by atoms with van der Waals surface area (Å²) in [4.78, 5) is -0.272. The first-order chi connectivity index (χ1) is 14.4. The summed E-state index contributed by atoms with van der Waals surface area (Å²) in [5.74, 6) is -0.682. The first kappa shape index (κ1) is 23.8. The Bertz CT molecular complexity index is 1240. The Morgan fingerprint density at radius 2 is 1.00 bits per heavy atom. The minimum atomic E-state index is -4.16. The lowest BCUT2D eigenvalue weighted by Crippen LogP contribution is -2.15. The average molecular weight is 542 g/mol. The second-order valence-electron chi connectivity index (χ2n) is 6.07. The number of phenols is 1. The molecule has 0 fully saturated rings. The van der Waals surface area contributed by atoms with Gasteiger partial charge in [-0.1, -0.05) is 46.4 Å². The van der Waals surface area contributed by atoms with Crippen molar-refractivity contribution < 1.29 is 21.9 Å². The van der Waals surface area contributed by atoms with Crippen LogP contribution in [-0.4, -0.2) is 21.9 Å². The van der Waals surface area contributed by atoms with Crippen molar-refractivity contribution in [1.82, 2.24) is 0 Å². The third-order valence-corrected chi connectivity index (χ3v) is 8.04. The molecule has 0 radical (unpaired) electrons. The topological polar surface area (TPSA) is 113 Å². The van der Waals surface area contributed by atoms with Crippen LogP contribution in [0.15, 0.2) is 64.4 Å². The van der Waals surface area contributed by atoms with E-state index >= 15 is 0 Å². The SMILES string of the molecule is O=S(=O)(Nc1cc(NS(=O)(=O)c2ccc(Cl)cc2)c(Cl)c(Cl)c1O)c1ccc(Cl)cc1. The minimum absolute atomic E-state index is 0.125. The highest BCUT2D eigenvalue weighted by molar-refractivity contribution is 7.93. The van der Waals surface area contributed by atoms with Crippen LogP contribution in [0.5, 0.6) is 5.75 Å². The zero-order chi connectivity index (χ0) is 23.0. The normalized spacial score (nSPS) is 11.9. The molecule has 3 rings (SSSR count). The summed E-state index contributed by atoms with van der Waals surface area (Å²) in [6.07, 6.45) is 0. The Hall–Kier alpha value is -1.88. The number of anilines is 2. The zero-order valence-corrected chi connectivity index (χ0v) is 19.8. The molecule has 0 saturated heterocycles. The summed E-state index contributed by atoms with van der Waals surface area (Å²) in [6, 6.07) is 11.6. The van der Waals surface area contributed by atoms with Crippen LogP contribution in [0.4, 0.5) is 11.4 Å². The maximum absolute atomic E-state index is 12.6. The van der Waals surface area contributed by atoms with Crippen LogP contribution >= 0.6 is 46.4 Å². The molecule has 0 aromatic heterocycles. The van der Waals surface area contributed by atoms with E-state index < -0.39 is 36.5 Å². The van der Waals surface area contributed by atoms with E-state index in [1.165, 1.54) is 48.5 Å². The van der Waals surface area contributed by atoms with E-state index in [0.717, 1.165) is 6.07 Å².